The van der Waals surface area contributed by atoms with Gasteiger partial charge in [0.2, 0.25) is 17.6 Å². The summed E-state index contributed by atoms with van der Waals surface area (Å²) in [4.78, 5) is 67.3. The van der Waals surface area contributed by atoms with Gasteiger partial charge in [-0.3, -0.25) is 24.5 Å². The van der Waals surface area contributed by atoms with Crippen LogP contribution in [0.1, 0.15) is 66.7 Å². The molecule has 1 aliphatic rings. The number of likely N-dealkylation sites (N-methyl/N-ethyl adjacent to an activating group) is 1. The van der Waals surface area contributed by atoms with Gasteiger partial charge in [-0.25, -0.2) is 9.52 Å². The number of carbonyl (C=O) groups is 5. The molecule has 1 aliphatic heterocycles. The van der Waals surface area contributed by atoms with Crippen molar-refractivity contribution in [3.05, 3.63) is 12.7 Å². The lowest BCUT2D eigenvalue weighted by atomic mass is 9.85. The van der Waals surface area contributed by atoms with E-state index in [1.807, 2.05) is 34.6 Å². The predicted octanol–water partition coefficient (Wildman–Crippen LogP) is -0.352. The Morgan fingerprint density at radius 3 is 2.28 bits per heavy atom. The molecular formula is C30H58N8O8S. The van der Waals surface area contributed by atoms with Gasteiger partial charge in [-0.2, -0.15) is 0 Å². The van der Waals surface area contributed by atoms with E-state index in [9.17, 15) is 24.0 Å². The third-order valence-electron chi connectivity index (χ3n) is 7.45. The molecule has 1 fully saturated rings. The number of aliphatic hydroxyl groups excluding tert-OH is 1. The lowest BCUT2D eigenvalue weighted by molar-refractivity contribution is -0.144. The zero-order valence-corrected chi connectivity index (χ0v) is 29.5. The van der Waals surface area contributed by atoms with E-state index in [0.29, 0.717) is 57.7 Å². The Bertz CT molecular complexity index is 984. The van der Waals surface area contributed by atoms with E-state index < -0.39 is 66.0 Å². The molecular weight excluding hydrogens is 632 g/mol. The van der Waals surface area contributed by atoms with Crippen molar-refractivity contribution in [3.63, 3.8) is 0 Å². The van der Waals surface area contributed by atoms with Crippen molar-refractivity contribution in [2.24, 2.45) is 11.3 Å². The fraction of sp³-hybridized carbons (Fsp3) is 0.767. The number of nitrogens with zero attached hydrogens (tertiary/aromatic N) is 1. The SMILES string of the molecule is C=CCNC(=O)C(=O)C(CCCC)NC(=O)C1C(C)CCN1C(=O)C(NC(=O)NC(CNCCCNSO)NC)C(C)(C)C.OCO. The first-order valence-corrected chi connectivity index (χ1v) is 16.7. The predicted molar refractivity (Wildman–Crippen MR) is 182 cm³/mol. The van der Waals surface area contributed by atoms with Crippen LogP contribution in [0, 0.1) is 11.3 Å². The first-order valence-electron chi connectivity index (χ1n) is 16.0. The van der Waals surface area contributed by atoms with E-state index in [1.54, 1.807) is 7.05 Å². The van der Waals surface area contributed by atoms with Crippen molar-refractivity contribution in [2.45, 2.75) is 91.0 Å². The zero-order chi connectivity index (χ0) is 36.0. The Morgan fingerprint density at radius 1 is 1.06 bits per heavy atom. The van der Waals surface area contributed by atoms with Gasteiger partial charge in [0, 0.05) is 26.2 Å². The fourth-order valence-electron chi connectivity index (χ4n) is 4.89. The summed E-state index contributed by atoms with van der Waals surface area (Å²) < 4.78 is 11.5. The quantitative estimate of drug-likeness (QED) is 0.0197. The molecule has 5 unspecified atom stereocenters. The number of nitrogens with one attached hydrogen (secondary N) is 7. The highest BCUT2D eigenvalue weighted by atomic mass is 32.2. The average Bonchev–Trinajstić information content (AvgIpc) is 3.42. The highest BCUT2D eigenvalue weighted by Gasteiger charge is 2.45. The molecule has 16 nitrogen and oxygen atoms in total. The molecule has 272 valence electrons. The summed E-state index contributed by atoms with van der Waals surface area (Å²) in [5.74, 6) is -2.63. The standard InChI is InChI=1S/C29H54N8O6S.CH4O2/c1-8-10-12-20(23(38)26(40)32-14-9-2)34-25(39)22-19(3)13-17-37(22)27(41)24(29(4,5)6)36-28(42)35-21(30-7)18-31-15-11-16-33-44-43;2-1-3/h9,19-22,24,30-31,33,43H,2,8,10-18H2,1,3-7H3,(H,32,40)(H,34,39)(H2,35,36,42);2-3H,1H2. The number of likely N-dealkylation sites (tertiary alicyclic amines) is 1. The second-order valence-corrected chi connectivity index (χ2v) is 12.7. The Balaban J connectivity index is 0.00000677. The number of hydrogen-bond donors (Lipinski definition) is 10. The smallest absolute Gasteiger partial charge is 0.316 e. The lowest BCUT2D eigenvalue weighted by Gasteiger charge is -2.36. The number of hydrogen-bond acceptors (Lipinski definition) is 12. The van der Waals surface area contributed by atoms with Crippen molar-refractivity contribution in [1.29, 1.82) is 0 Å². The summed E-state index contributed by atoms with van der Waals surface area (Å²) in [5.41, 5.74) is -0.685. The van der Waals surface area contributed by atoms with Gasteiger partial charge in [-0.15, -0.1) is 6.58 Å². The summed E-state index contributed by atoms with van der Waals surface area (Å²) in [5, 5.41) is 31.3. The largest absolute Gasteiger partial charge is 0.371 e. The number of rotatable bonds is 20. The van der Waals surface area contributed by atoms with Crippen LogP contribution < -0.4 is 36.6 Å². The van der Waals surface area contributed by atoms with Crippen LogP contribution in [-0.4, -0.2) is 120 Å². The Kier molecular flexibility index (Phi) is 22.9. The maximum atomic E-state index is 14.0. The van der Waals surface area contributed by atoms with Gasteiger partial charge in [0.05, 0.1) is 24.4 Å². The first kappa shape index (κ1) is 44.2. The second-order valence-electron chi connectivity index (χ2n) is 12.3. The third-order valence-corrected chi connectivity index (χ3v) is 7.78. The molecule has 0 aromatic carbocycles. The van der Waals surface area contributed by atoms with Gasteiger partial charge in [0.1, 0.15) is 18.9 Å². The number of unbranched alkanes of at least 4 members (excludes halogenated alkanes) is 1. The van der Waals surface area contributed by atoms with E-state index >= 15 is 0 Å². The lowest BCUT2D eigenvalue weighted by Crippen LogP contribution is -2.62. The molecule has 10 N–H and O–H groups in total. The van der Waals surface area contributed by atoms with Crippen molar-refractivity contribution >= 4 is 41.8 Å². The molecule has 1 saturated heterocycles. The van der Waals surface area contributed by atoms with Crippen molar-refractivity contribution in [1.82, 2.24) is 41.5 Å². The minimum absolute atomic E-state index is 0.129. The van der Waals surface area contributed by atoms with Crippen LogP contribution in [0.4, 0.5) is 4.79 Å². The Morgan fingerprint density at radius 2 is 1.72 bits per heavy atom. The van der Waals surface area contributed by atoms with Crippen LogP contribution in [0.3, 0.4) is 0 Å². The van der Waals surface area contributed by atoms with E-state index in [4.69, 9.17) is 14.8 Å². The third kappa shape index (κ3) is 16.7. The van der Waals surface area contributed by atoms with Crippen molar-refractivity contribution in [3.8, 4) is 0 Å². The summed E-state index contributed by atoms with van der Waals surface area (Å²) in [6.45, 7) is 14.3. The van der Waals surface area contributed by atoms with E-state index in [2.05, 4.69) is 43.2 Å². The molecule has 17 heteroatoms. The monoisotopic (exact) mass is 690 g/mol. The normalized spacial score (nSPS) is 17.8. The molecule has 0 aromatic heterocycles. The zero-order valence-electron chi connectivity index (χ0n) is 28.7. The topological polar surface area (TPSA) is 233 Å². The van der Waals surface area contributed by atoms with Gasteiger partial charge in [0.25, 0.3) is 5.91 Å². The molecule has 47 heavy (non-hydrogen) atoms. The molecule has 5 amide bonds. The van der Waals surface area contributed by atoms with E-state index in [-0.39, 0.29) is 12.5 Å². The van der Waals surface area contributed by atoms with E-state index in [1.165, 1.54) is 11.0 Å². The molecule has 1 heterocycles. The second kappa shape index (κ2) is 24.4. The molecule has 0 spiro atoms. The highest BCUT2D eigenvalue weighted by molar-refractivity contribution is 7.91. The molecule has 5 atom stereocenters. The number of Topliss-reactive ketones (excluding diaryl/α,β-unsaturated/α-hetero) is 1. The number of ketones is 1. The summed E-state index contributed by atoms with van der Waals surface area (Å²) in [6.07, 6.45) is 4.08. The van der Waals surface area contributed by atoms with Crippen LogP contribution in [0.15, 0.2) is 12.7 Å². The van der Waals surface area contributed by atoms with Gasteiger partial charge in [-0.1, -0.05) is 53.5 Å². The molecule has 1 rings (SSSR count). The van der Waals surface area contributed by atoms with Crippen LogP contribution in [0.5, 0.6) is 0 Å². The number of amides is 5. The number of urea groups is 1. The summed E-state index contributed by atoms with van der Waals surface area (Å²) >= 11 is 0.569. The molecule has 0 radical (unpaired) electrons. The summed E-state index contributed by atoms with van der Waals surface area (Å²) in [6, 6.07) is -3.37. The minimum Gasteiger partial charge on any atom is -0.371 e. The van der Waals surface area contributed by atoms with Gasteiger partial charge >= 0.3 is 6.03 Å². The number of carbonyl (C=O) groups excluding carboxylic acids is 5. The molecule has 0 aromatic rings. The van der Waals surface area contributed by atoms with E-state index in [0.717, 1.165) is 12.8 Å². The van der Waals surface area contributed by atoms with Crippen LogP contribution in [-0.2, 0) is 19.2 Å². The van der Waals surface area contributed by atoms with Gasteiger partial charge in [-0.05, 0) is 44.2 Å². The number of aliphatic hydroxyl groups is 2. The van der Waals surface area contributed by atoms with Gasteiger partial charge in [0.15, 0.2) is 0 Å². The maximum Gasteiger partial charge on any atom is 0.316 e. The molecule has 0 saturated carbocycles. The molecule has 0 bridgehead atoms. The average molecular weight is 691 g/mol. The van der Waals surface area contributed by atoms with Crippen molar-refractivity contribution < 1.29 is 38.7 Å². The van der Waals surface area contributed by atoms with Crippen LogP contribution in [0.25, 0.3) is 0 Å². The summed E-state index contributed by atoms with van der Waals surface area (Å²) in [7, 11) is 1.71. The minimum atomic E-state index is -1.02. The van der Waals surface area contributed by atoms with Crippen LogP contribution >= 0.6 is 12.2 Å². The Hall–Kier alpha value is -2.80. The molecule has 0 aliphatic carbocycles. The van der Waals surface area contributed by atoms with Crippen LogP contribution in [0.2, 0.25) is 0 Å². The van der Waals surface area contributed by atoms with Crippen molar-refractivity contribution in [2.75, 3.05) is 46.6 Å². The maximum absolute atomic E-state index is 14.0. The highest BCUT2D eigenvalue weighted by Crippen LogP contribution is 2.29. The first-order chi connectivity index (χ1) is 22.2. The Labute approximate surface area is 283 Å². The van der Waals surface area contributed by atoms with Gasteiger partial charge < -0.3 is 46.2 Å². The fourth-order valence-corrected chi connectivity index (χ4v) is 5.12.